The molecule has 2 aromatic rings. The van der Waals surface area contributed by atoms with Crippen LogP contribution in [0, 0.1) is 0 Å². The maximum Gasteiger partial charge on any atom is 0.157 e. The van der Waals surface area contributed by atoms with E-state index < -0.39 is 0 Å². The zero-order chi connectivity index (χ0) is 12.3. The normalized spacial score (nSPS) is 10.2. The molecule has 17 heavy (non-hydrogen) atoms. The molecule has 0 saturated heterocycles. The maximum absolute atomic E-state index is 5.61. The molecule has 2 heterocycles. The first-order chi connectivity index (χ1) is 8.18. The van der Waals surface area contributed by atoms with Crippen molar-refractivity contribution in [1.29, 1.82) is 0 Å². The standard InChI is InChI=1S/C10H11N5S2/c1-15(4-7-5-17-6-14-7)10-8(9(11)16)12-2-3-13-10/h2-3,5-6H,4H2,1H3,(H2,11,16). The Morgan fingerprint density at radius 2 is 2.18 bits per heavy atom. The molecule has 0 unspecified atom stereocenters. The van der Waals surface area contributed by atoms with E-state index >= 15 is 0 Å². The molecule has 7 heteroatoms. The highest BCUT2D eigenvalue weighted by Gasteiger charge is 2.12. The minimum absolute atomic E-state index is 0.248. The van der Waals surface area contributed by atoms with Crippen LogP contribution < -0.4 is 10.6 Å². The summed E-state index contributed by atoms with van der Waals surface area (Å²) in [5, 5.41) is 1.99. The van der Waals surface area contributed by atoms with E-state index in [1.165, 1.54) is 0 Å². The Morgan fingerprint density at radius 3 is 2.82 bits per heavy atom. The van der Waals surface area contributed by atoms with E-state index in [2.05, 4.69) is 15.0 Å². The van der Waals surface area contributed by atoms with Crippen LogP contribution in [0.4, 0.5) is 5.82 Å². The van der Waals surface area contributed by atoms with E-state index in [1.807, 2.05) is 17.3 Å². The molecule has 0 spiro atoms. The Labute approximate surface area is 108 Å². The summed E-state index contributed by atoms with van der Waals surface area (Å²) in [7, 11) is 1.91. The zero-order valence-electron chi connectivity index (χ0n) is 9.20. The van der Waals surface area contributed by atoms with E-state index in [-0.39, 0.29) is 4.99 Å². The summed E-state index contributed by atoms with van der Waals surface area (Å²) < 4.78 is 0. The number of thiocarbonyl (C=S) groups is 1. The van der Waals surface area contributed by atoms with Crippen LogP contribution in [0.25, 0.3) is 0 Å². The Hall–Kier alpha value is -1.60. The van der Waals surface area contributed by atoms with E-state index in [0.717, 1.165) is 5.69 Å². The highest BCUT2D eigenvalue weighted by Crippen LogP contribution is 2.15. The zero-order valence-corrected chi connectivity index (χ0v) is 10.8. The summed E-state index contributed by atoms with van der Waals surface area (Å²) in [4.78, 5) is 14.8. The van der Waals surface area contributed by atoms with Crippen molar-refractivity contribution in [1.82, 2.24) is 15.0 Å². The topological polar surface area (TPSA) is 67.9 Å². The molecule has 2 aromatic heterocycles. The Morgan fingerprint density at radius 1 is 1.41 bits per heavy atom. The predicted molar refractivity (Wildman–Crippen MR) is 72.1 cm³/mol. The minimum atomic E-state index is 0.248. The molecule has 2 N–H and O–H groups in total. The van der Waals surface area contributed by atoms with Crippen molar-refractivity contribution >= 4 is 34.4 Å². The van der Waals surface area contributed by atoms with Crippen LogP contribution in [-0.4, -0.2) is 27.0 Å². The first kappa shape index (κ1) is 11.9. The van der Waals surface area contributed by atoms with Crippen LogP contribution in [-0.2, 0) is 6.54 Å². The van der Waals surface area contributed by atoms with Gasteiger partial charge in [0.15, 0.2) is 5.82 Å². The molecule has 0 amide bonds. The van der Waals surface area contributed by atoms with Crippen molar-refractivity contribution in [3.63, 3.8) is 0 Å². The van der Waals surface area contributed by atoms with Crippen LogP contribution >= 0.6 is 23.6 Å². The Kier molecular flexibility index (Phi) is 3.60. The second-order valence-corrected chi connectivity index (χ2v) is 4.59. The smallest absolute Gasteiger partial charge is 0.157 e. The molecule has 5 nitrogen and oxygen atoms in total. The van der Waals surface area contributed by atoms with Crippen molar-refractivity contribution in [3.05, 3.63) is 34.7 Å². The van der Waals surface area contributed by atoms with Crippen LogP contribution in [0.1, 0.15) is 11.4 Å². The number of hydrogen-bond donors (Lipinski definition) is 1. The van der Waals surface area contributed by atoms with E-state index in [9.17, 15) is 0 Å². The monoisotopic (exact) mass is 265 g/mol. The van der Waals surface area contributed by atoms with Crippen LogP contribution in [0.5, 0.6) is 0 Å². The van der Waals surface area contributed by atoms with Gasteiger partial charge in [-0.1, -0.05) is 12.2 Å². The van der Waals surface area contributed by atoms with Gasteiger partial charge >= 0.3 is 0 Å². The fraction of sp³-hybridized carbons (Fsp3) is 0.200. The van der Waals surface area contributed by atoms with E-state index in [0.29, 0.717) is 18.1 Å². The molecule has 0 radical (unpaired) electrons. The first-order valence-corrected chi connectivity index (χ1v) is 6.22. The number of nitrogens with zero attached hydrogens (tertiary/aromatic N) is 4. The van der Waals surface area contributed by atoms with Gasteiger partial charge in [0.25, 0.3) is 0 Å². The molecule has 0 aromatic carbocycles. The summed E-state index contributed by atoms with van der Waals surface area (Å²) in [6, 6.07) is 0. The molecule has 0 saturated carbocycles. The number of rotatable bonds is 4. The van der Waals surface area contributed by atoms with Gasteiger partial charge in [0.1, 0.15) is 10.7 Å². The molecular formula is C10H11N5S2. The number of thiazole rings is 1. The summed E-state index contributed by atoms with van der Waals surface area (Å²) in [5.41, 5.74) is 8.94. The fourth-order valence-corrected chi connectivity index (χ4v) is 2.11. The average Bonchev–Trinajstić information content (AvgIpc) is 2.81. The summed E-state index contributed by atoms with van der Waals surface area (Å²) >= 11 is 6.51. The van der Waals surface area contributed by atoms with Gasteiger partial charge in [-0.15, -0.1) is 11.3 Å². The first-order valence-electron chi connectivity index (χ1n) is 4.87. The number of hydrogen-bond acceptors (Lipinski definition) is 6. The van der Waals surface area contributed by atoms with Gasteiger partial charge in [0.05, 0.1) is 17.7 Å². The van der Waals surface area contributed by atoms with Gasteiger partial charge in [0, 0.05) is 24.8 Å². The lowest BCUT2D eigenvalue weighted by Gasteiger charge is -2.18. The molecule has 0 aliphatic heterocycles. The lowest BCUT2D eigenvalue weighted by Crippen LogP contribution is -2.23. The van der Waals surface area contributed by atoms with Crippen molar-refractivity contribution < 1.29 is 0 Å². The van der Waals surface area contributed by atoms with Crippen molar-refractivity contribution in [3.8, 4) is 0 Å². The third-order valence-electron chi connectivity index (χ3n) is 2.16. The van der Waals surface area contributed by atoms with Gasteiger partial charge in [-0.25, -0.2) is 15.0 Å². The van der Waals surface area contributed by atoms with Gasteiger partial charge in [-0.2, -0.15) is 0 Å². The minimum Gasteiger partial charge on any atom is -0.388 e. The second-order valence-electron chi connectivity index (χ2n) is 3.43. The highest BCUT2D eigenvalue weighted by atomic mass is 32.1. The van der Waals surface area contributed by atoms with Gasteiger partial charge in [0.2, 0.25) is 0 Å². The maximum atomic E-state index is 5.61. The highest BCUT2D eigenvalue weighted by molar-refractivity contribution is 7.80. The molecule has 0 atom stereocenters. The molecule has 2 rings (SSSR count). The van der Waals surface area contributed by atoms with Crippen LogP contribution in [0.15, 0.2) is 23.3 Å². The van der Waals surface area contributed by atoms with Crippen molar-refractivity contribution in [2.45, 2.75) is 6.54 Å². The summed E-state index contributed by atoms with van der Waals surface area (Å²) in [5.74, 6) is 0.674. The lowest BCUT2D eigenvalue weighted by molar-refractivity contribution is 0.865. The summed E-state index contributed by atoms with van der Waals surface area (Å²) in [6.45, 7) is 0.651. The van der Waals surface area contributed by atoms with E-state index in [1.54, 1.807) is 29.2 Å². The molecule has 0 bridgehead atoms. The van der Waals surface area contributed by atoms with Crippen molar-refractivity contribution in [2.24, 2.45) is 5.73 Å². The third kappa shape index (κ3) is 2.75. The molecule has 88 valence electrons. The molecule has 0 aliphatic rings. The van der Waals surface area contributed by atoms with E-state index in [4.69, 9.17) is 18.0 Å². The lowest BCUT2D eigenvalue weighted by atomic mass is 10.3. The quantitative estimate of drug-likeness (QED) is 0.838. The van der Waals surface area contributed by atoms with Gasteiger partial charge in [-0.3, -0.25) is 0 Å². The molecule has 0 fully saturated rings. The molecular weight excluding hydrogens is 254 g/mol. The van der Waals surface area contributed by atoms with Crippen LogP contribution in [0.2, 0.25) is 0 Å². The van der Waals surface area contributed by atoms with Crippen molar-refractivity contribution in [2.75, 3.05) is 11.9 Å². The second kappa shape index (κ2) is 5.15. The predicted octanol–water partition coefficient (Wildman–Crippen LogP) is 1.20. The largest absolute Gasteiger partial charge is 0.388 e. The Bertz CT molecular complexity index is 511. The SMILES string of the molecule is CN(Cc1cscn1)c1nccnc1C(N)=S. The third-order valence-corrected chi connectivity index (χ3v) is 2.99. The van der Waals surface area contributed by atoms with Gasteiger partial charge in [-0.05, 0) is 0 Å². The Balaban J connectivity index is 2.24. The summed E-state index contributed by atoms with van der Waals surface area (Å²) in [6.07, 6.45) is 3.20. The van der Waals surface area contributed by atoms with Gasteiger partial charge < -0.3 is 10.6 Å². The number of nitrogens with two attached hydrogens (primary N) is 1. The average molecular weight is 265 g/mol. The van der Waals surface area contributed by atoms with Crippen LogP contribution in [0.3, 0.4) is 0 Å². The number of anilines is 1. The number of aromatic nitrogens is 3. The fourth-order valence-electron chi connectivity index (χ4n) is 1.42. The molecule has 0 aliphatic carbocycles.